The molecular weight excluding hydrogens is 334 g/mol. The van der Waals surface area contributed by atoms with Gasteiger partial charge in [0, 0.05) is 30.2 Å². The van der Waals surface area contributed by atoms with Gasteiger partial charge >= 0.3 is 5.97 Å². The van der Waals surface area contributed by atoms with Gasteiger partial charge in [0.2, 0.25) is 5.91 Å². The molecule has 1 saturated carbocycles. The molecule has 1 aliphatic carbocycles. The van der Waals surface area contributed by atoms with Crippen LogP contribution in [0.5, 0.6) is 0 Å². The van der Waals surface area contributed by atoms with E-state index in [1.807, 2.05) is 6.07 Å². The second-order valence-corrected chi connectivity index (χ2v) is 6.24. The van der Waals surface area contributed by atoms with E-state index < -0.39 is 17.8 Å². The molecule has 2 atom stereocenters. The molecule has 1 heterocycles. The quantitative estimate of drug-likeness (QED) is 0.737. The van der Waals surface area contributed by atoms with Gasteiger partial charge in [-0.1, -0.05) is 12.1 Å². The van der Waals surface area contributed by atoms with Gasteiger partial charge in [0.1, 0.15) is 0 Å². The maximum absolute atomic E-state index is 12.2. The number of carbonyl (C=O) groups excluding carboxylic acids is 2. The largest absolute Gasteiger partial charge is 0.481 e. The molecule has 2 aromatic rings. The normalized spacial score (nSPS) is 18.5. The van der Waals surface area contributed by atoms with E-state index in [-0.39, 0.29) is 18.4 Å². The Morgan fingerprint density at radius 3 is 2.46 bits per heavy atom. The van der Waals surface area contributed by atoms with Gasteiger partial charge in [-0.05, 0) is 42.7 Å². The molecule has 3 rings (SSSR count). The van der Waals surface area contributed by atoms with Gasteiger partial charge in [-0.25, -0.2) is 0 Å². The van der Waals surface area contributed by atoms with Crippen LogP contribution in [0.15, 0.2) is 48.8 Å². The number of nitrogens with one attached hydrogen (secondary N) is 2. The van der Waals surface area contributed by atoms with Gasteiger partial charge in [0.15, 0.2) is 0 Å². The predicted molar refractivity (Wildman–Crippen MR) is 94.3 cm³/mol. The number of carboxylic acid groups (broad SMARTS) is 1. The standard InChI is InChI=1S/C19H19N3O4/c23-17(13-6-8-20-9-7-13)22-14-3-1-2-12(10-14)11-21-18(24)15-4-5-16(15)19(25)26/h1-3,6-10,15-16H,4-5,11H2,(H,21,24)(H,22,23)(H,25,26). The number of hydrogen-bond acceptors (Lipinski definition) is 4. The second-order valence-electron chi connectivity index (χ2n) is 6.24. The first-order valence-electron chi connectivity index (χ1n) is 8.35. The van der Waals surface area contributed by atoms with Crippen LogP contribution in [0.2, 0.25) is 0 Å². The average molecular weight is 353 g/mol. The molecule has 2 amide bonds. The van der Waals surface area contributed by atoms with E-state index in [0.29, 0.717) is 24.1 Å². The fourth-order valence-corrected chi connectivity index (χ4v) is 2.90. The van der Waals surface area contributed by atoms with Crippen molar-refractivity contribution < 1.29 is 19.5 Å². The number of carbonyl (C=O) groups is 3. The lowest BCUT2D eigenvalue weighted by atomic mass is 9.73. The fraction of sp³-hybridized carbons (Fsp3) is 0.263. The van der Waals surface area contributed by atoms with E-state index in [1.165, 1.54) is 0 Å². The number of amides is 2. The lowest BCUT2D eigenvalue weighted by Crippen LogP contribution is -2.43. The number of hydrogen-bond donors (Lipinski definition) is 3. The summed E-state index contributed by atoms with van der Waals surface area (Å²) in [5.41, 5.74) is 1.94. The molecule has 0 aliphatic heterocycles. The van der Waals surface area contributed by atoms with Crippen molar-refractivity contribution in [2.45, 2.75) is 19.4 Å². The molecule has 0 radical (unpaired) electrons. The number of benzene rings is 1. The molecule has 134 valence electrons. The minimum absolute atomic E-state index is 0.241. The third-order valence-electron chi connectivity index (χ3n) is 4.52. The van der Waals surface area contributed by atoms with Crippen LogP contribution in [0.1, 0.15) is 28.8 Å². The van der Waals surface area contributed by atoms with Crippen LogP contribution in [0.3, 0.4) is 0 Å². The van der Waals surface area contributed by atoms with E-state index in [1.54, 1.807) is 42.7 Å². The van der Waals surface area contributed by atoms with Crippen molar-refractivity contribution in [1.82, 2.24) is 10.3 Å². The van der Waals surface area contributed by atoms with Gasteiger partial charge in [-0.2, -0.15) is 0 Å². The topological polar surface area (TPSA) is 108 Å². The molecule has 0 saturated heterocycles. The highest BCUT2D eigenvalue weighted by atomic mass is 16.4. The number of carboxylic acids is 1. The zero-order valence-electron chi connectivity index (χ0n) is 14.0. The molecule has 3 N–H and O–H groups in total. The maximum atomic E-state index is 12.2. The molecular formula is C19H19N3O4. The zero-order valence-corrected chi connectivity index (χ0v) is 14.0. The molecule has 7 nitrogen and oxygen atoms in total. The van der Waals surface area contributed by atoms with Crippen LogP contribution in [0.25, 0.3) is 0 Å². The average Bonchev–Trinajstić information content (AvgIpc) is 2.59. The predicted octanol–water partition coefficient (Wildman–Crippen LogP) is 2.06. The summed E-state index contributed by atoms with van der Waals surface area (Å²) in [5.74, 6) is -2.44. The third kappa shape index (κ3) is 4.05. The Kier molecular flexibility index (Phi) is 5.26. The van der Waals surface area contributed by atoms with E-state index >= 15 is 0 Å². The first kappa shape index (κ1) is 17.6. The Balaban J connectivity index is 1.57. The summed E-state index contributed by atoms with van der Waals surface area (Å²) in [6.07, 6.45) is 4.24. The third-order valence-corrected chi connectivity index (χ3v) is 4.52. The summed E-state index contributed by atoms with van der Waals surface area (Å²) in [4.78, 5) is 39.2. The lowest BCUT2D eigenvalue weighted by Gasteiger charge is -2.31. The molecule has 1 aromatic carbocycles. The number of rotatable bonds is 6. The number of aromatic nitrogens is 1. The number of nitrogens with zero attached hydrogens (tertiary/aromatic N) is 1. The van der Waals surface area contributed by atoms with E-state index in [4.69, 9.17) is 5.11 Å². The Bertz CT molecular complexity index is 823. The van der Waals surface area contributed by atoms with Crippen LogP contribution >= 0.6 is 0 Å². The highest BCUT2D eigenvalue weighted by molar-refractivity contribution is 6.04. The number of aliphatic carboxylic acids is 1. The van der Waals surface area contributed by atoms with Gasteiger partial charge in [-0.15, -0.1) is 0 Å². The smallest absolute Gasteiger partial charge is 0.307 e. The van der Waals surface area contributed by atoms with Crippen molar-refractivity contribution in [3.8, 4) is 0 Å². The summed E-state index contributed by atoms with van der Waals surface area (Å²) in [6.45, 7) is 0.278. The molecule has 1 aromatic heterocycles. The van der Waals surface area contributed by atoms with Crippen LogP contribution in [0, 0.1) is 11.8 Å². The lowest BCUT2D eigenvalue weighted by molar-refractivity contribution is -0.152. The van der Waals surface area contributed by atoms with Gasteiger partial charge in [0.25, 0.3) is 5.91 Å². The van der Waals surface area contributed by atoms with Crippen LogP contribution in [-0.4, -0.2) is 27.9 Å². The van der Waals surface area contributed by atoms with Crippen molar-refractivity contribution in [1.29, 1.82) is 0 Å². The Morgan fingerprint density at radius 1 is 1.08 bits per heavy atom. The minimum atomic E-state index is -0.919. The van der Waals surface area contributed by atoms with E-state index in [2.05, 4.69) is 15.6 Å². The Morgan fingerprint density at radius 2 is 1.81 bits per heavy atom. The van der Waals surface area contributed by atoms with Gasteiger partial charge < -0.3 is 15.7 Å². The number of pyridine rings is 1. The van der Waals surface area contributed by atoms with Gasteiger partial charge in [-0.3, -0.25) is 19.4 Å². The second kappa shape index (κ2) is 7.77. The van der Waals surface area contributed by atoms with Crippen molar-refractivity contribution in [3.63, 3.8) is 0 Å². The highest BCUT2D eigenvalue weighted by Gasteiger charge is 2.41. The molecule has 1 aliphatic rings. The Labute approximate surface area is 150 Å². The van der Waals surface area contributed by atoms with Crippen molar-refractivity contribution in [2.24, 2.45) is 11.8 Å². The SMILES string of the molecule is O=C(Nc1cccc(CNC(=O)C2CCC2C(=O)O)c1)c1ccncc1. The van der Waals surface area contributed by atoms with Crippen molar-refractivity contribution >= 4 is 23.5 Å². The molecule has 0 bridgehead atoms. The van der Waals surface area contributed by atoms with Crippen LogP contribution in [-0.2, 0) is 16.1 Å². The van der Waals surface area contributed by atoms with Gasteiger partial charge in [0.05, 0.1) is 11.8 Å². The summed E-state index contributed by atoms with van der Waals surface area (Å²) in [6, 6.07) is 10.4. The van der Waals surface area contributed by atoms with Crippen molar-refractivity contribution in [3.05, 3.63) is 59.9 Å². The molecule has 1 fully saturated rings. The highest BCUT2D eigenvalue weighted by Crippen LogP contribution is 2.34. The van der Waals surface area contributed by atoms with Crippen LogP contribution < -0.4 is 10.6 Å². The first-order valence-corrected chi connectivity index (χ1v) is 8.35. The van der Waals surface area contributed by atoms with Crippen LogP contribution in [0.4, 0.5) is 5.69 Å². The fourth-order valence-electron chi connectivity index (χ4n) is 2.90. The minimum Gasteiger partial charge on any atom is -0.481 e. The molecule has 2 unspecified atom stereocenters. The molecule has 26 heavy (non-hydrogen) atoms. The molecule has 7 heteroatoms. The Hall–Kier alpha value is -3.22. The molecule has 0 spiro atoms. The van der Waals surface area contributed by atoms with E-state index in [9.17, 15) is 14.4 Å². The summed E-state index contributed by atoms with van der Waals surface area (Å²) >= 11 is 0. The van der Waals surface area contributed by atoms with E-state index in [0.717, 1.165) is 5.56 Å². The number of anilines is 1. The first-order chi connectivity index (χ1) is 12.5. The van der Waals surface area contributed by atoms with Crippen molar-refractivity contribution in [2.75, 3.05) is 5.32 Å². The maximum Gasteiger partial charge on any atom is 0.307 e. The summed E-state index contributed by atoms with van der Waals surface area (Å²) in [5, 5.41) is 14.6. The summed E-state index contributed by atoms with van der Waals surface area (Å²) in [7, 11) is 0. The summed E-state index contributed by atoms with van der Waals surface area (Å²) < 4.78 is 0. The zero-order chi connectivity index (χ0) is 18.5. The monoisotopic (exact) mass is 353 g/mol.